The van der Waals surface area contributed by atoms with Crippen molar-refractivity contribution in [3.05, 3.63) is 0 Å². The molecule has 0 heterocycles. The lowest BCUT2D eigenvalue weighted by atomic mass is 10.1. The Kier molecular flexibility index (Phi) is 3.16. The zero-order valence-electron chi connectivity index (χ0n) is 6.13. The van der Waals surface area contributed by atoms with Gasteiger partial charge < -0.3 is 0 Å². The highest BCUT2D eigenvalue weighted by Gasteiger charge is 2.72. The number of hydrogen-bond acceptors (Lipinski definition) is 1. The Morgan fingerprint density at radius 2 is 1.36 bits per heavy atom. The highest BCUT2D eigenvalue weighted by molar-refractivity contribution is 5.72. The lowest BCUT2D eigenvalue weighted by Gasteiger charge is -2.23. The highest BCUT2D eigenvalue weighted by atomic mass is 19.4. The van der Waals surface area contributed by atoms with Crippen LogP contribution in [0.1, 0.15) is 0 Å². The molecule has 0 aromatic heterocycles. The molecule has 0 fully saturated rings. The first kappa shape index (κ1) is 12.7. The summed E-state index contributed by atoms with van der Waals surface area (Å²) in [4.78, 5) is 9.40. The Morgan fingerprint density at radius 1 is 0.929 bits per heavy atom. The quantitative estimate of drug-likeness (QED) is 0.377. The molecule has 1 nitrogen and oxygen atoms in total. The zero-order valence-corrected chi connectivity index (χ0v) is 6.13. The third-order valence-electron chi connectivity index (χ3n) is 1.04. The maximum absolute atomic E-state index is 12.1. The maximum Gasteiger partial charge on any atom is 0.461 e. The summed E-state index contributed by atoms with van der Waals surface area (Å²) < 4.78 is 82.2. The van der Waals surface area contributed by atoms with Crippen molar-refractivity contribution in [2.45, 2.75) is 18.0 Å². The zero-order chi connectivity index (χ0) is 11.6. The molecule has 0 bridgehead atoms. The normalized spacial score (nSPS) is 13.1. The van der Waals surface area contributed by atoms with E-state index < -0.39 is 24.3 Å². The lowest BCUT2D eigenvalue weighted by molar-refractivity contribution is -0.339. The number of halogens is 7. The van der Waals surface area contributed by atoms with Crippen LogP contribution in [0.3, 0.4) is 0 Å². The van der Waals surface area contributed by atoms with Crippen molar-refractivity contribution in [2.75, 3.05) is 0 Å². The second kappa shape index (κ2) is 3.48. The molecule has 8 heteroatoms. The average Bonchev–Trinajstić information content (AvgIpc) is 1.98. The summed E-state index contributed by atoms with van der Waals surface area (Å²) in [6.45, 7) is 0. The van der Waals surface area contributed by atoms with Gasteiger partial charge in [-0.2, -0.15) is 30.7 Å². The van der Waals surface area contributed by atoms with Gasteiger partial charge in [0.25, 0.3) is 0 Å². The summed E-state index contributed by atoms with van der Waals surface area (Å²) in [6, 6.07) is 0. The molecule has 0 aromatic carbocycles. The molecule has 14 heavy (non-hydrogen) atoms. The minimum absolute atomic E-state index is 0.234. The van der Waals surface area contributed by atoms with E-state index >= 15 is 0 Å². The van der Waals surface area contributed by atoms with Gasteiger partial charge >= 0.3 is 18.0 Å². The van der Waals surface area contributed by atoms with Gasteiger partial charge in [-0.1, -0.05) is 0 Å². The molecule has 0 saturated carbocycles. The van der Waals surface area contributed by atoms with Crippen LogP contribution in [0, 0.1) is 11.8 Å². The van der Waals surface area contributed by atoms with Crippen LogP contribution in [0.2, 0.25) is 0 Å². The molecule has 0 amide bonds. The Hall–Kier alpha value is -1.26. The summed E-state index contributed by atoms with van der Waals surface area (Å²) >= 11 is 0. The van der Waals surface area contributed by atoms with Crippen molar-refractivity contribution in [3.8, 4) is 11.8 Å². The SMILES string of the molecule is O=CC#CC(F)(F)C(F)(F)C(F)(F)F. The lowest BCUT2D eigenvalue weighted by Crippen LogP contribution is -2.51. The smallest absolute Gasteiger partial charge is 0.289 e. The first-order valence-electron chi connectivity index (χ1n) is 2.85. The van der Waals surface area contributed by atoms with Gasteiger partial charge in [0, 0.05) is 0 Å². The van der Waals surface area contributed by atoms with Gasteiger partial charge in [0.2, 0.25) is 0 Å². The molecule has 0 aliphatic heterocycles. The summed E-state index contributed by atoms with van der Waals surface area (Å²) in [6.07, 6.45) is -6.94. The largest absolute Gasteiger partial charge is 0.461 e. The topological polar surface area (TPSA) is 17.1 Å². The molecule has 0 radical (unpaired) electrons. The first-order chi connectivity index (χ1) is 6.06. The number of aldehydes is 1. The van der Waals surface area contributed by atoms with Gasteiger partial charge in [-0.3, -0.25) is 4.79 Å². The average molecular weight is 222 g/mol. The first-order valence-corrected chi connectivity index (χ1v) is 2.85. The van der Waals surface area contributed by atoms with E-state index in [1.165, 1.54) is 0 Å². The molecule has 0 aromatic rings. The number of alkyl halides is 7. The minimum Gasteiger partial charge on any atom is -0.289 e. The molecular weight excluding hydrogens is 221 g/mol. The predicted octanol–water partition coefficient (Wildman–Crippen LogP) is 2.02. The fourth-order valence-corrected chi connectivity index (χ4v) is 0.377. The van der Waals surface area contributed by atoms with Gasteiger partial charge in [0.1, 0.15) is 0 Å². The Morgan fingerprint density at radius 3 is 1.64 bits per heavy atom. The monoisotopic (exact) mass is 222 g/mol. The summed E-state index contributed by atoms with van der Waals surface area (Å²) in [7, 11) is 0. The third-order valence-corrected chi connectivity index (χ3v) is 1.04. The number of rotatable bonds is 1. The van der Waals surface area contributed by atoms with Crippen molar-refractivity contribution in [2.24, 2.45) is 0 Å². The summed E-state index contributed by atoms with van der Waals surface area (Å²) in [5.41, 5.74) is 0. The summed E-state index contributed by atoms with van der Waals surface area (Å²) in [5, 5.41) is 0. The minimum atomic E-state index is -6.42. The Bertz CT molecular complexity index is 279. The van der Waals surface area contributed by atoms with E-state index in [9.17, 15) is 35.5 Å². The Labute approximate surface area is 72.9 Å². The van der Waals surface area contributed by atoms with Crippen LogP contribution in [0.5, 0.6) is 0 Å². The molecule has 80 valence electrons. The van der Waals surface area contributed by atoms with Gasteiger partial charge in [0.05, 0.1) is 0 Å². The van der Waals surface area contributed by atoms with Crippen molar-refractivity contribution in [1.29, 1.82) is 0 Å². The highest BCUT2D eigenvalue weighted by Crippen LogP contribution is 2.45. The van der Waals surface area contributed by atoms with E-state index in [2.05, 4.69) is 0 Å². The number of hydrogen-bond donors (Lipinski definition) is 0. The molecule has 0 atom stereocenters. The summed E-state index contributed by atoms with van der Waals surface area (Å²) in [5.74, 6) is -10.9. The maximum atomic E-state index is 12.1. The van der Waals surface area contributed by atoms with Gasteiger partial charge in [-0.25, -0.2) is 0 Å². The molecule has 0 aliphatic carbocycles. The standard InChI is InChI=1S/C6HF7O/c7-4(8,2-1-3-14)5(9,10)6(11,12)13/h3H. The van der Waals surface area contributed by atoms with E-state index in [0.29, 0.717) is 0 Å². The van der Waals surface area contributed by atoms with E-state index in [0.717, 1.165) is 5.92 Å². The molecular formula is C6HF7O. The molecule has 0 N–H and O–H groups in total. The van der Waals surface area contributed by atoms with E-state index in [1.807, 2.05) is 0 Å². The van der Waals surface area contributed by atoms with Gasteiger partial charge in [-0.15, -0.1) is 0 Å². The fraction of sp³-hybridized carbons (Fsp3) is 0.500. The van der Waals surface area contributed by atoms with Crippen LogP contribution in [0.4, 0.5) is 30.7 Å². The van der Waals surface area contributed by atoms with Crippen LogP contribution in [0.15, 0.2) is 0 Å². The molecule has 0 unspecified atom stereocenters. The van der Waals surface area contributed by atoms with E-state index in [-0.39, 0.29) is 5.92 Å². The van der Waals surface area contributed by atoms with Crippen molar-refractivity contribution in [3.63, 3.8) is 0 Å². The van der Waals surface area contributed by atoms with Crippen molar-refractivity contribution >= 4 is 6.29 Å². The van der Waals surface area contributed by atoms with Gasteiger partial charge in [0.15, 0.2) is 6.29 Å². The van der Waals surface area contributed by atoms with Crippen LogP contribution in [-0.2, 0) is 4.79 Å². The molecule has 0 aliphatic rings. The van der Waals surface area contributed by atoms with Crippen LogP contribution < -0.4 is 0 Å². The second-order valence-electron chi connectivity index (χ2n) is 2.03. The fourth-order valence-electron chi connectivity index (χ4n) is 0.377. The molecule has 0 saturated heterocycles. The second-order valence-corrected chi connectivity index (χ2v) is 2.03. The Balaban J connectivity index is 5.17. The van der Waals surface area contributed by atoms with E-state index in [4.69, 9.17) is 0 Å². The van der Waals surface area contributed by atoms with Crippen molar-refractivity contribution < 1.29 is 35.5 Å². The molecule has 0 spiro atoms. The van der Waals surface area contributed by atoms with Crippen LogP contribution >= 0.6 is 0 Å². The van der Waals surface area contributed by atoms with Crippen molar-refractivity contribution in [1.82, 2.24) is 0 Å². The third kappa shape index (κ3) is 2.16. The van der Waals surface area contributed by atoms with Gasteiger partial charge in [-0.05, 0) is 11.8 Å². The predicted molar refractivity (Wildman–Crippen MR) is 29.8 cm³/mol. The van der Waals surface area contributed by atoms with E-state index in [1.54, 1.807) is 0 Å². The molecule has 0 rings (SSSR count). The van der Waals surface area contributed by atoms with Crippen LogP contribution in [0.25, 0.3) is 0 Å². The number of carbonyl (C=O) groups is 1. The van der Waals surface area contributed by atoms with Crippen LogP contribution in [-0.4, -0.2) is 24.3 Å². The number of carbonyl (C=O) groups excluding carboxylic acids is 1.